The third kappa shape index (κ3) is 3.49. The van der Waals surface area contributed by atoms with Crippen molar-refractivity contribution >= 4 is 34.8 Å². The van der Waals surface area contributed by atoms with E-state index < -0.39 is 5.91 Å². The number of benzene rings is 2. The average Bonchev–Trinajstić information content (AvgIpc) is 3.02. The Bertz CT molecular complexity index is 865. The Hall–Kier alpha value is -2.44. The minimum atomic E-state index is -0.593. The van der Waals surface area contributed by atoms with Gasteiger partial charge in [0.25, 0.3) is 0 Å². The molecule has 1 N–H and O–H groups in total. The molecule has 1 aromatic heterocycles. The fraction of sp³-hybridized carbons (Fsp3) is 0. The predicted octanol–water partition coefficient (Wildman–Crippen LogP) is 4.43. The van der Waals surface area contributed by atoms with Crippen LogP contribution < -0.4 is 5.32 Å². The summed E-state index contributed by atoms with van der Waals surface area (Å²) in [5.74, 6) is -1.09. The number of carbonyl (C=O) groups excluding carboxylic acids is 1. The molecule has 0 aliphatic carbocycles. The molecule has 1 amide bonds. The monoisotopic (exact) mass is 351 g/mol. The molecule has 3 aromatic rings. The summed E-state index contributed by atoms with van der Waals surface area (Å²) in [6.07, 6.45) is 0. The lowest BCUT2D eigenvalue weighted by Gasteiger charge is -2.03. The lowest BCUT2D eigenvalue weighted by Crippen LogP contribution is -2.12. The first-order chi connectivity index (χ1) is 11.0. The van der Waals surface area contributed by atoms with Gasteiger partial charge < -0.3 is 9.73 Å². The van der Waals surface area contributed by atoms with Crippen LogP contribution in [-0.2, 0) is 0 Å². The van der Waals surface area contributed by atoms with E-state index in [4.69, 9.17) is 27.6 Å². The van der Waals surface area contributed by atoms with Gasteiger partial charge in [-0.15, -0.1) is 10.2 Å². The third-order valence-electron chi connectivity index (χ3n) is 2.89. The van der Waals surface area contributed by atoms with E-state index >= 15 is 0 Å². The number of rotatable bonds is 3. The van der Waals surface area contributed by atoms with Crippen molar-refractivity contribution < 1.29 is 13.6 Å². The zero-order valence-electron chi connectivity index (χ0n) is 11.4. The molecule has 0 atom stereocenters. The second kappa shape index (κ2) is 6.36. The van der Waals surface area contributed by atoms with E-state index in [1.165, 1.54) is 30.3 Å². The second-order valence-electron chi connectivity index (χ2n) is 4.50. The molecule has 0 fully saturated rings. The Morgan fingerprint density at radius 2 is 1.78 bits per heavy atom. The molecule has 0 unspecified atom stereocenters. The second-order valence-corrected chi connectivity index (χ2v) is 5.32. The van der Waals surface area contributed by atoms with Crippen LogP contribution in [0.4, 0.5) is 10.1 Å². The Morgan fingerprint density at radius 3 is 2.48 bits per heavy atom. The number of hydrogen-bond acceptors (Lipinski definition) is 4. The van der Waals surface area contributed by atoms with E-state index in [0.29, 0.717) is 21.3 Å². The van der Waals surface area contributed by atoms with Crippen molar-refractivity contribution in [1.29, 1.82) is 0 Å². The van der Waals surface area contributed by atoms with E-state index in [1.54, 1.807) is 12.1 Å². The highest BCUT2D eigenvalue weighted by molar-refractivity contribution is 6.42. The lowest BCUT2D eigenvalue weighted by atomic mass is 10.2. The van der Waals surface area contributed by atoms with Crippen LogP contribution in [0.25, 0.3) is 11.5 Å². The standard InChI is InChI=1S/C15H8Cl2FN3O2/c16-11-6-5-10(7-12(11)17)19-13(22)15-21-20-14(23-15)8-1-3-9(18)4-2-8/h1-7H,(H,19,22). The summed E-state index contributed by atoms with van der Waals surface area (Å²) in [6, 6.07) is 10.1. The fourth-order valence-corrected chi connectivity index (χ4v) is 2.08. The van der Waals surface area contributed by atoms with Crippen molar-refractivity contribution in [3.05, 3.63) is 64.2 Å². The van der Waals surface area contributed by atoms with E-state index in [9.17, 15) is 9.18 Å². The molecule has 5 nitrogen and oxygen atoms in total. The zero-order chi connectivity index (χ0) is 16.4. The van der Waals surface area contributed by atoms with Gasteiger partial charge in [-0.3, -0.25) is 4.79 Å². The summed E-state index contributed by atoms with van der Waals surface area (Å²) < 4.78 is 18.2. The van der Waals surface area contributed by atoms with E-state index in [-0.39, 0.29) is 17.6 Å². The molecule has 8 heteroatoms. The number of amides is 1. The summed E-state index contributed by atoms with van der Waals surface area (Å²) >= 11 is 11.7. The molecule has 0 aliphatic rings. The van der Waals surface area contributed by atoms with E-state index in [2.05, 4.69) is 15.5 Å². The van der Waals surface area contributed by atoms with Crippen LogP contribution in [-0.4, -0.2) is 16.1 Å². The molecule has 23 heavy (non-hydrogen) atoms. The maximum atomic E-state index is 12.9. The van der Waals surface area contributed by atoms with Gasteiger partial charge in [0.2, 0.25) is 5.89 Å². The third-order valence-corrected chi connectivity index (χ3v) is 3.63. The van der Waals surface area contributed by atoms with Gasteiger partial charge in [-0.05, 0) is 42.5 Å². The quantitative estimate of drug-likeness (QED) is 0.757. The van der Waals surface area contributed by atoms with Gasteiger partial charge in [0.1, 0.15) is 5.82 Å². The lowest BCUT2D eigenvalue weighted by molar-refractivity contribution is 0.0991. The Morgan fingerprint density at radius 1 is 1.04 bits per heavy atom. The van der Waals surface area contributed by atoms with Crippen molar-refractivity contribution in [3.8, 4) is 11.5 Å². The maximum absolute atomic E-state index is 12.9. The van der Waals surface area contributed by atoms with Gasteiger partial charge in [0.15, 0.2) is 0 Å². The number of nitrogens with zero attached hydrogens (tertiary/aromatic N) is 2. The summed E-state index contributed by atoms with van der Waals surface area (Å²) in [7, 11) is 0. The molecule has 0 saturated carbocycles. The van der Waals surface area contributed by atoms with E-state index in [0.717, 1.165) is 0 Å². The normalized spacial score (nSPS) is 10.6. The molecular formula is C15H8Cl2FN3O2. The first-order valence-corrected chi connectivity index (χ1v) is 7.14. The summed E-state index contributed by atoms with van der Waals surface area (Å²) in [4.78, 5) is 12.1. The number of halogens is 3. The number of nitrogens with one attached hydrogen (secondary N) is 1. The first kappa shape index (κ1) is 15.5. The Labute approximate surface area is 140 Å². The number of carbonyl (C=O) groups is 1. The molecule has 0 spiro atoms. The van der Waals surface area contributed by atoms with Crippen molar-refractivity contribution in [2.24, 2.45) is 0 Å². The SMILES string of the molecule is O=C(Nc1ccc(Cl)c(Cl)c1)c1nnc(-c2ccc(F)cc2)o1. The van der Waals surface area contributed by atoms with Crippen molar-refractivity contribution in [2.75, 3.05) is 5.32 Å². The molecular weight excluding hydrogens is 344 g/mol. The highest BCUT2D eigenvalue weighted by atomic mass is 35.5. The number of aromatic nitrogens is 2. The molecule has 3 rings (SSSR count). The topological polar surface area (TPSA) is 68.0 Å². The number of hydrogen-bond donors (Lipinski definition) is 1. The van der Waals surface area contributed by atoms with Crippen LogP contribution in [0.15, 0.2) is 46.9 Å². The van der Waals surface area contributed by atoms with Gasteiger partial charge in [-0.1, -0.05) is 23.2 Å². The van der Waals surface area contributed by atoms with Crippen molar-refractivity contribution in [1.82, 2.24) is 10.2 Å². The first-order valence-electron chi connectivity index (χ1n) is 6.39. The average molecular weight is 352 g/mol. The van der Waals surface area contributed by atoms with Gasteiger partial charge in [0.05, 0.1) is 10.0 Å². The van der Waals surface area contributed by atoms with Gasteiger partial charge in [0, 0.05) is 11.3 Å². The molecule has 2 aromatic carbocycles. The van der Waals surface area contributed by atoms with Crippen LogP contribution in [0.2, 0.25) is 10.0 Å². The molecule has 0 saturated heterocycles. The highest BCUT2D eigenvalue weighted by Gasteiger charge is 2.16. The highest BCUT2D eigenvalue weighted by Crippen LogP contribution is 2.25. The van der Waals surface area contributed by atoms with E-state index in [1.807, 2.05) is 0 Å². The summed E-state index contributed by atoms with van der Waals surface area (Å²) in [6.45, 7) is 0. The van der Waals surface area contributed by atoms with Crippen LogP contribution >= 0.6 is 23.2 Å². The van der Waals surface area contributed by atoms with Gasteiger partial charge in [-0.25, -0.2) is 4.39 Å². The van der Waals surface area contributed by atoms with Gasteiger partial charge >= 0.3 is 11.8 Å². The van der Waals surface area contributed by atoms with Crippen molar-refractivity contribution in [3.63, 3.8) is 0 Å². The van der Waals surface area contributed by atoms with Crippen LogP contribution in [0.3, 0.4) is 0 Å². The van der Waals surface area contributed by atoms with Crippen LogP contribution in [0.5, 0.6) is 0 Å². The Kier molecular flexibility index (Phi) is 4.27. The van der Waals surface area contributed by atoms with Crippen molar-refractivity contribution in [2.45, 2.75) is 0 Å². The zero-order valence-corrected chi connectivity index (χ0v) is 12.9. The minimum absolute atomic E-state index is 0.115. The molecule has 1 heterocycles. The minimum Gasteiger partial charge on any atom is -0.412 e. The number of anilines is 1. The summed E-state index contributed by atoms with van der Waals surface area (Å²) in [5.41, 5.74) is 0.943. The van der Waals surface area contributed by atoms with Gasteiger partial charge in [-0.2, -0.15) is 0 Å². The largest absolute Gasteiger partial charge is 0.412 e. The molecule has 0 bridgehead atoms. The van der Waals surface area contributed by atoms with Crippen LogP contribution in [0.1, 0.15) is 10.7 Å². The molecule has 0 radical (unpaired) electrons. The fourth-order valence-electron chi connectivity index (χ4n) is 1.78. The molecule has 0 aliphatic heterocycles. The predicted molar refractivity (Wildman–Crippen MR) is 84.1 cm³/mol. The maximum Gasteiger partial charge on any atom is 0.313 e. The molecule has 116 valence electrons. The smallest absolute Gasteiger partial charge is 0.313 e. The summed E-state index contributed by atoms with van der Waals surface area (Å²) in [5, 5.41) is 10.7. The Balaban J connectivity index is 1.78. The van der Waals surface area contributed by atoms with Crippen LogP contribution in [0, 0.1) is 5.82 Å².